The molecule has 1 saturated heterocycles. The second-order valence-electron chi connectivity index (χ2n) is 8.20. The summed E-state index contributed by atoms with van der Waals surface area (Å²) in [7, 11) is 3.79. The number of ether oxygens (including phenoxy) is 3. The third kappa shape index (κ3) is 2.46. The summed E-state index contributed by atoms with van der Waals surface area (Å²) in [5.41, 5.74) is 2.19. The molecule has 5 rings (SSSR count). The smallest absolute Gasteiger partial charge is 0.331 e. The second-order valence-corrected chi connectivity index (χ2v) is 8.20. The molecule has 7 nitrogen and oxygen atoms in total. The second kappa shape index (κ2) is 6.35. The molecule has 2 aliphatic carbocycles. The lowest BCUT2D eigenvalue weighted by atomic mass is 9.53. The van der Waals surface area contributed by atoms with Gasteiger partial charge in [-0.05, 0) is 44.1 Å². The van der Waals surface area contributed by atoms with E-state index in [9.17, 15) is 9.59 Å². The minimum absolute atomic E-state index is 0.261. The van der Waals surface area contributed by atoms with Crippen molar-refractivity contribution in [1.29, 1.82) is 0 Å². The highest BCUT2D eigenvalue weighted by Crippen LogP contribution is 2.62. The van der Waals surface area contributed by atoms with Crippen molar-refractivity contribution < 1.29 is 28.9 Å². The van der Waals surface area contributed by atoms with Crippen LogP contribution in [-0.2, 0) is 26.2 Å². The van der Waals surface area contributed by atoms with E-state index in [0.29, 0.717) is 11.8 Å². The summed E-state index contributed by atoms with van der Waals surface area (Å²) in [5.74, 6) is -0.169. The molecule has 1 spiro atoms. The van der Waals surface area contributed by atoms with E-state index in [0.717, 1.165) is 37.3 Å². The number of methoxy groups -OCH3 is 1. The number of carboxylic acids is 1. The maximum atomic E-state index is 12.2. The molecule has 2 bridgehead atoms. The highest BCUT2D eigenvalue weighted by Gasteiger charge is 2.65. The van der Waals surface area contributed by atoms with E-state index >= 15 is 0 Å². The molecule has 1 aromatic carbocycles. The molecular formula is C22H23NO6. The SMILES string of the molecule is COc1ccc2c3c1O[C@H]1[C@@H](OC(=O)/C=C/C(=O)O)C=C[C@H]4[C@@H](C2)N(C)CC[C@@]341. The molecule has 7 heteroatoms. The number of esters is 1. The van der Waals surface area contributed by atoms with Crippen LogP contribution in [0.25, 0.3) is 0 Å². The zero-order chi connectivity index (χ0) is 20.3. The molecule has 0 saturated carbocycles. The molecular weight excluding hydrogens is 374 g/mol. The third-order valence-electron chi connectivity index (χ3n) is 6.95. The molecule has 2 heterocycles. The van der Waals surface area contributed by atoms with Crippen molar-refractivity contribution in [2.75, 3.05) is 20.7 Å². The highest BCUT2D eigenvalue weighted by atomic mass is 16.6. The van der Waals surface area contributed by atoms with Crippen molar-refractivity contribution >= 4 is 11.9 Å². The van der Waals surface area contributed by atoms with Crippen LogP contribution in [0.3, 0.4) is 0 Å². The summed E-state index contributed by atoms with van der Waals surface area (Å²) in [6.45, 7) is 0.935. The molecule has 2 aliphatic heterocycles. The number of likely N-dealkylation sites (tertiary alicyclic amines) is 1. The summed E-state index contributed by atoms with van der Waals surface area (Å²) >= 11 is 0. The van der Waals surface area contributed by atoms with Crippen LogP contribution in [0.15, 0.2) is 36.4 Å². The van der Waals surface area contributed by atoms with Crippen molar-refractivity contribution in [3.8, 4) is 11.5 Å². The Kier molecular flexibility index (Phi) is 4.00. The number of carbonyl (C=O) groups excluding carboxylic acids is 1. The van der Waals surface area contributed by atoms with Crippen LogP contribution in [0, 0.1) is 5.92 Å². The van der Waals surface area contributed by atoms with Crippen LogP contribution in [0.4, 0.5) is 0 Å². The number of hydrogen-bond donors (Lipinski definition) is 1. The fraction of sp³-hybridized carbons (Fsp3) is 0.455. The number of benzene rings is 1. The quantitative estimate of drug-likeness (QED) is 0.470. The fourth-order valence-electron chi connectivity index (χ4n) is 5.78. The van der Waals surface area contributed by atoms with Crippen molar-refractivity contribution in [2.24, 2.45) is 5.92 Å². The van der Waals surface area contributed by atoms with Gasteiger partial charge >= 0.3 is 11.9 Å². The zero-order valence-electron chi connectivity index (χ0n) is 16.3. The van der Waals surface area contributed by atoms with E-state index in [-0.39, 0.29) is 17.4 Å². The number of likely N-dealkylation sites (N-methyl/N-ethyl adjacent to an activating group) is 1. The lowest BCUT2D eigenvalue weighted by molar-refractivity contribution is -0.149. The minimum Gasteiger partial charge on any atom is -0.493 e. The van der Waals surface area contributed by atoms with Crippen molar-refractivity contribution in [3.05, 3.63) is 47.6 Å². The van der Waals surface area contributed by atoms with Crippen LogP contribution in [0.1, 0.15) is 17.5 Å². The number of hydrogen-bond acceptors (Lipinski definition) is 6. The Bertz CT molecular complexity index is 953. The Hall–Kier alpha value is -2.80. The Morgan fingerprint density at radius 1 is 1.31 bits per heavy atom. The van der Waals surface area contributed by atoms with Crippen molar-refractivity contribution in [2.45, 2.75) is 36.5 Å². The molecule has 5 atom stereocenters. The number of rotatable bonds is 4. The lowest BCUT2D eigenvalue weighted by Crippen LogP contribution is -2.65. The molecule has 0 aromatic heterocycles. The van der Waals surface area contributed by atoms with Gasteiger partial charge in [-0.15, -0.1) is 0 Å². The van der Waals surface area contributed by atoms with Gasteiger partial charge < -0.3 is 24.2 Å². The molecule has 29 heavy (non-hydrogen) atoms. The maximum absolute atomic E-state index is 12.2. The summed E-state index contributed by atoms with van der Waals surface area (Å²) in [4.78, 5) is 25.3. The van der Waals surface area contributed by atoms with Gasteiger partial charge in [-0.3, -0.25) is 0 Å². The summed E-state index contributed by atoms with van der Waals surface area (Å²) in [6.07, 6.45) is 6.67. The summed E-state index contributed by atoms with van der Waals surface area (Å²) in [6, 6.07) is 4.44. The molecule has 0 unspecified atom stereocenters. The first-order chi connectivity index (χ1) is 14.0. The van der Waals surface area contributed by atoms with Crippen LogP contribution < -0.4 is 9.47 Å². The van der Waals surface area contributed by atoms with Gasteiger partial charge in [-0.1, -0.05) is 12.1 Å². The number of carbonyl (C=O) groups is 2. The first kappa shape index (κ1) is 18.2. The molecule has 4 aliphatic rings. The molecule has 152 valence electrons. The maximum Gasteiger partial charge on any atom is 0.331 e. The zero-order valence-corrected chi connectivity index (χ0v) is 16.3. The summed E-state index contributed by atoms with van der Waals surface area (Å²) < 4.78 is 17.7. The standard InChI is InChI=1S/C22H23NO6/c1-23-10-9-22-13-4-6-16(28-18(26)8-7-17(24)25)21(22)29-20-15(27-2)5-3-12(19(20)22)11-14(13)23/h3-8,13-14,16,21H,9-11H2,1-2H3,(H,24,25)/b8-7+/t13-,14+,16-,21-,22-/m0/s1. The number of carboxylic acid groups (broad SMARTS) is 1. The first-order valence-corrected chi connectivity index (χ1v) is 9.83. The summed E-state index contributed by atoms with van der Waals surface area (Å²) in [5, 5.41) is 8.76. The molecule has 1 fully saturated rings. The van der Waals surface area contributed by atoms with Gasteiger partial charge in [0.1, 0.15) is 6.10 Å². The largest absolute Gasteiger partial charge is 0.493 e. The number of aliphatic carboxylic acids is 1. The number of nitrogens with zero attached hydrogens (tertiary/aromatic N) is 1. The minimum atomic E-state index is -1.19. The lowest BCUT2D eigenvalue weighted by Gasteiger charge is -2.56. The third-order valence-corrected chi connectivity index (χ3v) is 6.95. The van der Waals surface area contributed by atoms with Crippen molar-refractivity contribution in [3.63, 3.8) is 0 Å². The number of piperidine rings is 1. The topological polar surface area (TPSA) is 85.3 Å². The molecule has 1 N–H and O–H groups in total. The van der Waals surface area contributed by atoms with E-state index in [4.69, 9.17) is 19.3 Å². The molecule has 0 amide bonds. The van der Waals surface area contributed by atoms with E-state index in [1.807, 2.05) is 12.1 Å². The fourth-order valence-corrected chi connectivity index (χ4v) is 5.78. The predicted octanol–water partition coefficient (Wildman–Crippen LogP) is 1.69. The average Bonchev–Trinajstić information content (AvgIpc) is 3.05. The van der Waals surface area contributed by atoms with Gasteiger partial charge in [0.15, 0.2) is 17.6 Å². The Labute approximate surface area is 168 Å². The van der Waals surface area contributed by atoms with Crippen LogP contribution in [-0.4, -0.2) is 60.9 Å². The predicted molar refractivity (Wildman–Crippen MR) is 103 cm³/mol. The van der Waals surface area contributed by atoms with E-state index in [1.54, 1.807) is 7.11 Å². The Morgan fingerprint density at radius 2 is 2.14 bits per heavy atom. The normalized spacial score (nSPS) is 33.9. The monoisotopic (exact) mass is 397 g/mol. The Balaban J connectivity index is 1.59. The highest BCUT2D eigenvalue weighted by molar-refractivity contribution is 5.90. The van der Waals surface area contributed by atoms with Crippen LogP contribution in [0.5, 0.6) is 11.5 Å². The molecule has 1 aromatic rings. The van der Waals surface area contributed by atoms with Crippen molar-refractivity contribution in [1.82, 2.24) is 4.90 Å². The van der Waals surface area contributed by atoms with Gasteiger partial charge in [0, 0.05) is 35.1 Å². The van der Waals surface area contributed by atoms with Gasteiger partial charge in [0.2, 0.25) is 0 Å². The van der Waals surface area contributed by atoms with E-state index in [2.05, 4.69) is 24.1 Å². The van der Waals surface area contributed by atoms with Crippen LogP contribution in [0.2, 0.25) is 0 Å². The Morgan fingerprint density at radius 3 is 2.90 bits per heavy atom. The van der Waals surface area contributed by atoms with E-state index < -0.39 is 18.0 Å². The van der Waals surface area contributed by atoms with Crippen LogP contribution >= 0.6 is 0 Å². The van der Waals surface area contributed by atoms with Gasteiger partial charge in [-0.25, -0.2) is 9.59 Å². The van der Waals surface area contributed by atoms with Gasteiger partial charge in [0.25, 0.3) is 0 Å². The first-order valence-electron chi connectivity index (χ1n) is 9.83. The van der Waals surface area contributed by atoms with E-state index in [1.165, 1.54) is 11.1 Å². The average molecular weight is 397 g/mol. The molecule has 0 radical (unpaired) electrons. The van der Waals surface area contributed by atoms with Gasteiger partial charge in [-0.2, -0.15) is 0 Å². The van der Waals surface area contributed by atoms with Gasteiger partial charge in [0.05, 0.1) is 7.11 Å².